The summed E-state index contributed by atoms with van der Waals surface area (Å²) in [5.74, 6) is 1.92. The van der Waals surface area contributed by atoms with E-state index in [2.05, 4.69) is 24.3 Å². The predicted octanol–water partition coefficient (Wildman–Crippen LogP) is 4.06. The van der Waals surface area contributed by atoms with Gasteiger partial charge in [-0.05, 0) is 54.5 Å². The maximum atomic E-state index is 11.1. The zero-order chi connectivity index (χ0) is 15.2. The summed E-state index contributed by atoms with van der Waals surface area (Å²) in [4.78, 5) is 11.1. The molecule has 2 atom stereocenters. The lowest BCUT2D eigenvalue weighted by Crippen LogP contribution is -2.28. The summed E-state index contributed by atoms with van der Waals surface area (Å²) in [6, 6.07) is 13.9. The van der Waals surface area contributed by atoms with E-state index in [0.29, 0.717) is 23.0 Å². The Hall–Kier alpha value is -2.29. The first-order valence-electron chi connectivity index (χ1n) is 7.67. The molecule has 0 saturated heterocycles. The topological polar surface area (TPSA) is 35.5 Å². The van der Waals surface area contributed by atoms with E-state index in [1.165, 1.54) is 11.1 Å². The van der Waals surface area contributed by atoms with Crippen LogP contribution in [0.4, 0.5) is 0 Å². The van der Waals surface area contributed by atoms with Crippen molar-refractivity contribution in [3.05, 3.63) is 59.2 Å². The van der Waals surface area contributed by atoms with Gasteiger partial charge in [-0.2, -0.15) is 0 Å². The summed E-state index contributed by atoms with van der Waals surface area (Å²) in [6.07, 6.45) is 4.03. The van der Waals surface area contributed by atoms with Crippen molar-refractivity contribution in [3.8, 4) is 11.5 Å². The Labute approximate surface area is 129 Å². The lowest BCUT2D eigenvalue weighted by atomic mass is 9.89. The molecule has 0 aromatic heterocycles. The highest BCUT2D eigenvalue weighted by Gasteiger charge is 2.51. The molecule has 2 unspecified atom stereocenters. The third-order valence-electron chi connectivity index (χ3n) is 4.99. The number of benzene rings is 2. The van der Waals surface area contributed by atoms with Gasteiger partial charge in [0.2, 0.25) is 0 Å². The van der Waals surface area contributed by atoms with Crippen LogP contribution in [0.3, 0.4) is 0 Å². The fourth-order valence-electron chi connectivity index (χ4n) is 3.99. The summed E-state index contributed by atoms with van der Waals surface area (Å²) in [6.45, 7) is 0. The molecule has 3 heteroatoms. The zero-order valence-electron chi connectivity index (χ0n) is 12.5. The minimum Gasteiger partial charge on any atom is -0.493 e. The number of hydrogen-bond acceptors (Lipinski definition) is 3. The number of hydrogen-bond donors (Lipinski definition) is 0. The van der Waals surface area contributed by atoms with Gasteiger partial charge < -0.3 is 9.47 Å². The third kappa shape index (κ3) is 1.85. The van der Waals surface area contributed by atoms with Gasteiger partial charge in [-0.15, -0.1) is 0 Å². The predicted molar refractivity (Wildman–Crippen MR) is 83.7 cm³/mol. The van der Waals surface area contributed by atoms with Crippen LogP contribution in [0.25, 0.3) is 0 Å². The average molecular weight is 294 g/mol. The molecule has 0 spiro atoms. The normalized spacial score (nSPS) is 24.9. The molecular formula is C19H18O3. The molecule has 2 aromatic rings. The van der Waals surface area contributed by atoms with Gasteiger partial charge in [0.05, 0.1) is 7.11 Å². The largest absolute Gasteiger partial charge is 0.493 e. The van der Waals surface area contributed by atoms with Crippen LogP contribution in [0.2, 0.25) is 0 Å². The number of fused-ring (bicyclic) bond motifs is 5. The molecule has 2 aliphatic carbocycles. The summed E-state index contributed by atoms with van der Waals surface area (Å²) in [5.41, 5.74) is 3.05. The number of carbonyl (C=O) groups is 1. The van der Waals surface area contributed by atoms with E-state index in [9.17, 15) is 4.79 Å². The quantitative estimate of drug-likeness (QED) is 0.798. The molecule has 2 bridgehead atoms. The van der Waals surface area contributed by atoms with E-state index < -0.39 is 0 Å². The molecule has 1 saturated carbocycles. The van der Waals surface area contributed by atoms with Crippen molar-refractivity contribution in [2.45, 2.75) is 30.8 Å². The maximum absolute atomic E-state index is 11.1. The molecule has 0 N–H and O–H groups in total. The first-order chi connectivity index (χ1) is 10.8. The van der Waals surface area contributed by atoms with Gasteiger partial charge in [0.25, 0.3) is 0 Å². The fraction of sp³-hybridized carbons (Fsp3) is 0.316. The van der Waals surface area contributed by atoms with Gasteiger partial charge >= 0.3 is 0 Å². The second-order valence-corrected chi connectivity index (χ2v) is 6.15. The smallest absolute Gasteiger partial charge is 0.163 e. The molecule has 2 aliphatic rings. The van der Waals surface area contributed by atoms with E-state index in [1.54, 1.807) is 25.3 Å². The summed E-state index contributed by atoms with van der Waals surface area (Å²) >= 11 is 0. The Balaban J connectivity index is 1.77. The SMILES string of the molecule is COc1ccc(C=O)cc1OC12CCC(C1)c1ccccc12. The van der Waals surface area contributed by atoms with Crippen molar-refractivity contribution in [2.24, 2.45) is 0 Å². The lowest BCUT2D eigenvalue weighted by molar-refractivity contribution is 0.0754. The van der Waals surface area contributed by atoms with Gasteiger partial charge in [0.1, 0.15) is 11.9 Å². The van der Waals surface area contributed by atoms with Gasteiger partial charge in [-0.25, -0.2) is 0 Å². The minimum atomic E-state index is -0.268. The van der Waals surface area contributed by atoms with E-state index in [1.807, 2.05) is 0 Å². The van der Waals surface area contributed by atoms with Crippen molar-refractivity contribution in [1.29, 1.82) is 0 Å². The second kappa shape index (κ2) is 4.87. The van der Waals surface area contributed by atoms with E-state index >= 15 is 0 Å². The molecular weight excluding hydrogens is 276 g/mol. The van der Waals surface area contributed by atoms with E-state index in [4.69, 9.17) is 9.47 Å². The highest BCUT2D eigenvalue weighted by molar-refractivity contribution is 5.76. The molecule has 0 amide bonds. The Morgan fingerprint density at radius 2 is 2.05 bits per heavy atom. The highest BCUT2D eigenvalue weighted by Crippen LogP contribution is 2.58. The number of ether oxygens (including phenoxy) is 2. The van der Waals surface area contributed by atoms with Crippen LogP contribution >= 0.6 is 0 Å². The molecule has 4 rings (SSSR count). The first-order valence-corrected chi connectivity index (χ1v) is 7.67. The minimum absolute atomic E-state index is 0.268. The molecule has 1 fully saturated rings. The van der Waals surface area contributed by atoms with Crippen LogP contribution in [0.15, 0.2) is 42.5 Å². The standard InChI is InChI=1S/C19H18O3/c1-21-17-7-6-13(12-20)10-18(17)22-19-9-8-14(11-19)15-4-2-3-5-16(15)19/h2-7,10,12,14H,8-9,11H2,1H3. The van der Waals surface area contributed by atoms with Gasteiger partial charge in [0, 0.05) is 5.56 Å². The molecule has 2 aromatic carbocycles. The molecule has 22 heavy (non-hydrogen) atoms. The Morgan fingerprint density at radius 3 is 2.86 bits per heavy atom. The third-order valence-corrected chi connectivity index (χ3v) is 4.99. The molecule has 0 heterocycles. The maximum Gasteiger partial charge on any atom is 0.163 e. The Bertz CT molecular complexity index is 737. The van der Waals surface area contributed by atoms with Crippen LogP contribution in [0, 0.1) is 0 Å². The van der Waals surface area contributed by atoms with Crippen LogP contribution < -0.4 is 9.47 Å². The van der Waals surface area contributed by atoms with Crippen LogP contribution in [-0.2, 0) is 5.60 Å². The number of aldehydes is 1. The highest BCUT2D eigenvalue weighted by atomic mass is 16.5. The Kier molecular flexibility index (Phi) is 2.96. The average Bonchev–Trinajstić information content (AvgIpc) is 3.12. The van der Waals surface area contributed by atoms with Crippen LogP contribution in [0.5, 0.6) is 11.5 Å². The summed E-state index contributed by atoms with van der Waals surface area (Å²) < 4.78 is 11.9. The van der Waals surface area contributed by atoms with Crippen molar-refractivity contribution in [2.75, 3.05) is 7.11 Å². The van der Waals surface area contributed by atoms with Crippen molar-refractivity contribution in [1.82, 2.24) is 0 Å². The molecule has 0 aliphatic heterocycles. The molecule has 112 valence electrons. The molecule has 0 radical (unpaired) electrons. The molecule has 3 nitrogen and oxygen atoms in total. The summed E-state index contributed by atoms with van der Waals surface area (Å²) in [5, 5.41) is 0. The zero-order valence-corrected chi connectivity index (χ0v) is 12.5. The van der Waals surface area contributed by atoms with Gasteiger partial charge in [0.15, 0.2) is 11.5 Å². The second-order valence-electron chi connectivity index (χ2n) is 6.15. The number of carbonyl (C=O) groups excluding carboxylic acids is 1. The fourth-order valence-corrected chi connectivity index (χ4v) is 3.99. The van der Waals surface area contributed by atoms with Crippen molar-refractivity contribution < 1.29 is 14.3 Å². The monoisotopic (exact) mass is 294 g/mol. The van der Waals surface area contributed by atoms with Crippen molar-refractivity contribution >= 4 is 6.29 Å². The van der Waals surface area contributed by atoms with Crippen molar-refractivity contribution in [3.63, 3.8) is 0 Å². The van der Waals surface area contributed by atoms with E-state index in [0.717, 1.165) is 25.5 Å². The number of methoxy groups -OCH3 is 1. The number of rotatable bonds is 4. The van der Waals surface area contributed by atoms with Crippen LogP contribution in [-0.4, -0.2) is 13.4 Å². The lowest BCUT2D eigenvalue weighted by Gasteiger charge is -2.31. The van der Waals surface area contributed by atoms with Crippen LogP contribution in [0.1, 0.15) is 46.7 Å². The van der Waals surface area contributed by atoms with Gasteiger partial charge in [-0.1, -0.05) is 24.3 Å². The Morgan fingerprint density at radius 1 is 1.18 bits per heavy atom. The summed E-state index contributed by atoms with van der Waals surface area (Å²) in [7, 11) is 1.63. The first kappa shape index (κ1) is 13.4. The van der Waals surface area contributed by atoms with Gasteiger partial charge in [-0.3, -0.25) is 4.79 Å². The van der Waals surface area contributed by atoms with E-state index in [-0.39, 0.29) is 5.60 Å².